The van der Waals surface area contributed by atoms with Crippen LogP contribution >= 0.6 is 11.6 Å². The Hall–Kier alpha value is -1.36. The fourth-order valence-corrected chi connectivity index (χ4v) is 1.23. The average Bonchev–Trinajstić information content (AvgIpc) is 2.20. The molecule has 0 atom stereocenters. The van der Waals surface area contributed by atoms with Crippen molar-refractivity contribution in [3.8, 4) is 0 Å². The monoisotopic (exact) mass is 228 g/mol. The molecule has 1 amide bonds. The third kappa shape index (κ3) is 3.06. The highest BCUT2D eigenvalue weighted by Gasteiger charge is 2.07. The first-order valence-electron chi connectivity index (χ1n) is 4.49. The summed E-state index contributed by atoms with van der Waals surface area (Å²) in [4.78, 5) is 19.2. The van der Waals surface area contributed by atoms with E-state index in [0.29, 0.717) is 16.8 Å². The number of carbonyl (C=O) groups excluding carboxylic acids is 1. The molecular formula is C9H13ClN4O. The van der Waals surface area contributed by atoms with E-state index in [0.717, 1.165) is 5.56 Å². The molecule has 1 rings (SSSR count). The minimum Gasteiger partial charge on any atom is -0.361 e. The van der Waals surface area contributed by atoms with E-state index in [2.05, 4.69) is 20.6 Å². The molecule has 6 heteroatoms. The molecule has 1 aromatic rings. The maximum atomic E-state index is 11.0. The third-order valence-corrected chi connectivity index (χ3v) is 2.26. The van der Waals surface area contributed by atoms with Crippen LogP contribution in [0, 0.1) is 13.8 Å². The van der Waals surface area contributed by atoms with Crippen molar-refractivity contribution >= 4 is 23.3 Å². The van der Waals surface area contributed by atoms with E-state index in [1.165, 1.54) is 0 Å². The zero-order chi connectivity index (χ0) is 11.4. The molecule has 0 radical (unpaired) electrons. The smallest absolute Gasteiger partial charge is 0.239 e. The number of anilines is 1. The Balaban J connectivity index is 2.81. The van der Waals surface area contributed by atoms with Gasteiger partial charge in [0.05, 0.1) is 6.54 Å². The highest BCUT2D eigenvalue weighted by atomic mass is 35.5. The summed E-state index contributed by atoms with van der Waals surface area (Å²) in [6, 6.07) is 0. The lowest BCUT2D eigenvalue weighted by molar-refractivity contribution is -0.118. The van der Waals surface area contributed by atoms with Crippen LogP contribution in [0.3, 0.4) is 0 Å². The molecule has 0 saturated carbocycles. The molecule has 0 fully saturated rings. The topological polar surface area (TPSA) is 66.9 Å². The molecule has 0 saturated heterocycles. The number of aromatic nitrogens is 2. The van der Waals surface area contributed by atoms with Crippen molar-refractivity contribution in [3.63, 3.8) is 0 Å². The predicted molar refractivity (Wildman–Crippen MR) is 59.1 cm³/mol. The summed E-state index contributed by atoms with van der Waals surface area (Å²) in [6.07, 6.45) is 0. The van der Waals surface area contributed by atoms with E-state index in [-0.39, 0.29) is 12.5 Å². The van der Waals surface area contributed by atoms with Gasteiger partial charge in [0.15, 0.2) is 0 Å². The molecular weight excluding hydrogens is 216 g/mol. The number of hydrogen-bond acceptors (Lipinski definition) is 4. The van der Waals surface area contributed by atoms with Crippen LogP contribution in [0.1, 0.15) is 11.4 Å². The van der Waals surface area contributed by atoms with Crippen LogP contribution in [0.15, 0.2) is 0 Å². The van der Waals surface area contributed by atoms with E-state index in [9.17, 15) is 4.79 Å². The SMILES string of the molecule is CNC(=O)CNc1nc(C)nc(Cl)c1C. The van der Waals surface area contributed by atoms with Crippen molar-refractivity contribution < 1.29 is 4.79 Å². The summed E-state index contributed by atoms with van der Waals surface area (Å²) in [7, 11) is 1.58. The number of likely N-dealkylation sites (N-methyl/N-ethyl adjacent to an activating group) is 1. The van der Waals surface area contributed by atoms with Crippen molar-refractivity contribution in [2.24, 2.45) is 0 Å². The molecule has 0 aromatic carbocycles. The van der Waals surface area contributed by atoms with Crippen LogP contribution in [0.2, 0.25) is 5.15 Å². The largest absolute Gasteiger partial charge is 0.361 e. The number of rotatable bonds is 3. The van der Waals surface area contributed by atoms with E-state index in [4.69, 9.17) is 11.6 Å². The number of aryl methyl sites for hydroxylation is 1. The number of nitrogens with zero attached hydrogens (tertiary/aromatic N) is 2. The second kappa shape index (κ2) is 4.93. The Bertz CT molecular complexity index is 381. The first kappa shape index (κ1) is 11.7. The molecule has 1 aromatic heterocycles. The molecule has 5 nitrogen and oxygen atoms in total. The summed E-state index contributed by atoms with van der Waals surface area (Å²) >= 11 is 5.88. The van der Waals surface area contributed by atoms with Crippen molar-refractivity contribution in [1.82, 2.24) is 15.3 Å². The highest BCUT2D eigenvalue weighted by molar-refractivity contribution is 6.30. The zero-order valence-electron chi connectivity index (χ0n) is 8.89. The summed E-state index contributed by atoms with van der Waals surface area (Å²) in [5.41, 5.74) is 0.742. The van der Waals surface area contributed by atoms with Gasteiger partial charge in [-0.25, -0.2) is 9.97 Å². The van der Waals surface area contributed by atoms with E-state index < -0.39 is 0 Å². The lowest BCUT2D eigenvalue weighted by atomic mass is 10.3. The Morgan fingerprint density at radius 3 is 2.67 bits per heavy atom. The maximum absolute atomic E-state index is 11.0. The normalized spacial score (nSPS) is 9.87. The number of carbonyl (C=O) groups is 1. The molecule has 15 heavy (non-hydrogen) atoms. The average molecular weight is 229 g/mol. The van der Waals surface area contributed by atoms with Gasteiger partial charge in [0.25, 0.3) is 0 Å². The van der Waals surface area contributed by atoms with Gasteiger partial charge in [0.1, 0.15) is 16.8 Å². The number of amides is 1. The highest BCUT2D eigenvalue weighted by Crippen LogP contribution is 2.18. The molecule has 0 aliphatic heterocycles. The fraction of sp³-hybridized carbons (Fsp3) is 0.444. The van der Waals surface area contributed by atoms with Crippen LogP contribution in [0.25, 0.3) is 0 Å². The van der Waals surface area contributed by atoms with Gasteiger partial charge in [0, 0.05) is 12.6 Å². The Morgan fingerprint density at radius 2 is 2.07 bits per heavy atom. The molecule has 82 valence electrons. The fourth-order valence-electron chi connectivity index (χ4n) is 1.02. The number of hydrogen-bond donors (Lipinski definition) is 2. The summed E-state index contributed by atoms with van der Waals surface area (Å²) in [5.74, 6) is 1.06. The maximum Gasteiger partial charge on any atom is 0.239 e. The molecule has 0 aliphatic carbocycles. The third-order valence-electron chi connectivity index (χ3n) is 1.89. The molecule has 0 spiro atoms. The van der Waals surface area contributed by atoms with Crippen molar-refractivity contribution in [2.45, 2.75) is 13.8 Å². The molecule has 1 heterocycles. The van der Waals surface area contributed by atoms with Crippen LogP contribution in [0.4, 0.5) is 5.82 Å². The molecule has 2 N–H and O–H groups in total. The van der Waals surface area contributed by atoms with Gasteiger partial charge in [-0.15, -0.1) is 0 Å². The zero-order valence-corrected chi connectivity index (χ0v) is 9.64. The van der Waals surface area contributed by atoms with E-state index >= 15 is 0 Å². The lowest BCUT2D eigenvalue weighted by Crippen LogP contribution is -2.26. The van der Waals surface area contributed by atoms with E-state index in [1.54, 1.807) is 20.9 Å². The first-order valence-corrected chi connectivity index (χ1v) is 4.87. The Morgan fingerprint density at radius 1 is 1.40 bits per heavy atom. The standard InChI is InChI=1S/C9H13ClN4O/c1-5-8(10)13-6(2)14-9(5)12-4-7(15)11-3/h4H2,1-3H3,(H,11,15)(H,12,13,14). The Kier molecular flexibility index (Phi) is 3.85. The minimum absolute atomic E-state index is 0.109. The number of halogens is 1. The lowest BCUT2D eigenvalue weighted by Gasteiger charge is -2.09. The minimum atomic E-state index is -0.109. The second-order valence-corrected chi connectivity index (χ2v) is 3.42. The van der Waals surface area contributed by atoms with Crippen LogP contribution in [-0.4, -0.2) is 29.5 Å². The summed E-state index contributed by atoms with van der Waals surface area (Å²) in [6.45, 7) is 3.72. The second-order valence-electron chi connectivity index (χ2n) is 3.06. The quantitative estimate of drug-likeness (QED) is 0.755. The first-order chi connectivity index (χ1) is 7.04. The van der Waals surface area contributed by atoms with Crippen LogP contribution in [-0.2, 0) is 4.79 Å². The summed E-state index contributed by atoms with van der Waals surface area (Å²) < 4.78 is 0. The van der Waals surface area contributed by atoms with Crippen molar-refractivity contribution in [1.29, 1.82) is 0 Å². The predicted octanol–water partition coefficient (Wildman–Crippen LogP) is 0.905. The van der Waals surface area contributed by atoms with Gasteiger partial charge >= 0.3 is 0 Å². The van der Waals surface area contributed by atoms with Crippen molar-refractivity contribution in [3.05, 3.63) is 16.5 Å². The van der Waals surface area contributed by atoms with Gasteiger partial charge in [-0.05, 0) is 13.8 Å². The van der Waals surface area contributed by atoms with Gasteiger partial charge in [-0.2, -0.15) is 0 Å². The van der Waals surface area contributed by atoms with Gasteiger partial charge in [-0.1, -0.05) is 11.6 Å². The molecule has 0 unspecified atom stereocenters. The van der Waals surface area contributed by atoms with Gasteiger partial charge in [0.2, 0.25) is 5.91 Å². The molecule has 0 aliphatic rings. The van der Waals surface area contributed by atoms with Gasteiger partial charge < -0.3 is 10.6 Å². The van der Waals surface area contributed by atoms with Crippen LogP contribution < -0.4 is 10.6 Å². The Labute approximate surface area is 93.3 Å². The molecule has 0 bridgehead atoms. The van der Waals surface area contributed by atoms with Gasteiger partial charge in [-0.3, -0.25) is 4.79 Å². The van der Waals surface area contributed by atoms with E-state index in [1.807, 2.05) is 0 Å². The number of nitrogens with one attached hydrogen (secondary N) is 2. The summed E-state index contributed by atoms with van der Waals surface area (Å²) in [5, 5.41) is 5.81. The van der Waals surface area contributed by atoms with Crippen molar-refractivity contribution in [2.75, 3.05) is 18.9 Å². The van der Waals surface area contributed by atoms with Crippen LogP contribution in [0.5, 0.6) is 0 Å².